The Balaban J connectivity index is 1.84. The van der Waals surface area contributed by atoms with Crippen molar-refractivity contribution in [3.05, 3.63) is 45.5 Å². The van der Waals surface area contributed by atoms with Gasteiger partial charge < -0.3 is 9.73 Å². The van der Waals surface area contributed by atoms with E-state index in [1.165, 1.54) is 10.4 Å². The number of nitrogens with one attached hydrogen (secondary N) is 1. The molecule has 1 N–H and O–H groups in total. The van der Waals surface area contributed by atoms with E-state index in [2.05, 4.69) is 23.7 Å². The molecule has 16 heavy (non-hydrogen) atoms. The molecule has 86 valence electrons. The van der Waals surface area contributed by atoms with Gasteiger partial charge in [-0.1, -0.05) is 6.92 Å². The second-order valence-corrected chi connectivity index (χ2v) is 4.84. The second-order valence-electron chi connectivity index (χ2n) is 3.84. The maximum absolute atomic E-state index is 5.50. The van der Waals surface area contributed by atoms with E-state index in [-0.39, 0.29) is 0 Å². The molecule has 2 rings (SSSR count). The lowest BCUT2D eigenvalue weighted by atomic mass is 10.2. The molecule has 0 saturated heterocycles. The van der Waals surface area contributed by atoms with Crippen molar-refractivity contribution in [2.75, 3.05) is 0 Å². The Labute approximate surface area is 100 Å². The Hall–Kier alpha value is -1.06. The molecule has 0 radical (unpaired) electrons. The van der Waals surface area contributed by atoms with Crippen LogP contribution in [-0.2, 0) is 19.5 Å². The predicted molar refractivity (Wildman–Crippen MR) is 67.7 cm³/mol. The minimum absolute atomic E-state index is 0.800. The van der Waals surface area contributed by atoms with Crippen LogP contribution in [0, 0.1) is 6.92 Å². The van der Waals surface area contributed by atoms with Gasteiger partial charge in [0.05, 0.1) is 6.54 Å². The van der Waals surface area contributed by atoms with Gasteiger partial charge in [0.25, 0.3) is 0 Å². The van der Waals surface area contributed by atoms with Gasteiger partial charge in [-0.15, -0.1) is 11.3 Å². The lowest BCUT2D eigenvalue weighted by Gasteiger charge is -2.03. The molecular weight excluding hydrogens is 218 g/mol. The maximum Gasteiger partial charge on any atom is 0.117 e. The molecule has 0 saturated carbocycles. The lowest BCUT2D eigenvalue weighted by Crippen LogP contribution is -2.12. The fourth-order valence-corrected chi connectivity index (χ4v) is 2.66. The highest BCUT2D eigenvalue weighted by Gasteiger charge is 2.02. The number of hydrogen-bond donors (Lipinski definition) is 1. The van der Waals surface area contributed by atoms with Crippen LogP contribution in [0.1, 0.15) is 28.9 Å². The van der Waals surface area contributed by atoms with Crippen LogP contribution in [-0.4, -0.2) is 0 Å². The molecule has 2 nitrogen and oxygen atoms in total. The van der Waals surface area contributed by atoms with Crippen molar-refractivity contribution in [2.45, 2.75) is 33.4 Å². The van der Waals surface area contributed by atoms with Gasteiger partial charge in [0.15, 0.2) is 0 Å². The van der Waals surface area contributed by atoms with Crippen LogP contribution in [0.15, 0.2) is 28.0 Å². The third-order valence-electron chi connectivity index (χ3n) is 2.60. The Morgan fingerprint density at radius 1 is 1.25 bits per heavy atom. The molecule has 0 bridgehead atoms. The molecule has 0 aliphatic heterocycles. The highest BCUT2D eigenvalue weighted by molar-refractivity contribution is 7.10. The van der Waals surface area contributed by atoms with E-state index in [0.717, 1.165) is 31.0 Å². The summed E-state index contributed by atoms with van der Waals surface area (Å²) in [7, 11) is 0. The first-order valence-electron chi connectivity index (χ1n) is 5.61. The Bertz CT molecular complexity index is 444. The molecule has 2 aromatic rings. The topological polar surface area (TPSA) is 25.2 Å². The summed E-state index contributed by atoms with van der Waals surface area (Å²) in [5, 5.41) is 5.57. The molecule has 3 heteroatoms. The fourth-order valence-electron chi connectivity index (χ4n) is 1.72. The van der Waals surface area contributed by atoms with Gasteiger partial charge in [-0.2, -0.15) is 0 Å². The summed E-state index contributed by atoms with van der Waals surface area (Å²) in [5.74, 6) is 1.98. The van der Waals surface area contributed by atoms with Gasteiger partial charge in [0.1, 0.15) is 11.5 Å². The number of hydrogen-bond acceptors (Lipinski definition) is 3. The third kappa shape index (κ3) is 2.74. The van der Waals surface area contributed by atoms with Crippen LogP contribution in [0.5, 0.6) is 0 Å². The Kier molecular flexibility index (Phi) is 3.80. The first kappa shape index (κ1) is 11.4. The number of thiophene rings is 1. The summed E-state index contributed by atoms with van der Waals surface area (Å²) in [6.45, 7) is 5.90. The number of rotatable bonds is 5. The van der Waals surface area contributed by atoms with Gasteiger partial charge in [-0.05, 0) is 42.5 Å². The van der Waals surface area contributed by atoms with E-state index in [1.807, 2.05) is 30.4 Å². The first-order valence-corrected chi connectivity index (χ1v) is 6.49. The second kappa shape index (κ2) is 5.32. The predicted octanol–water partition coefficient (Wildman–Crippen LogP) is 3.50. The van der Waals surface area contributed by atoms with Crippen LogP contribution in [0.2, 0.25) is 0 Å². The minimum atomic E-state index is 0.800. The molecule has 0 aromatic carbocycles. The lowest BCUT2D eigenvalue weighted by molar-refractivity contribution is 0.462. The average molecular weight is 235 g/mol. The van der Waals surface area contributed by atoms with Crippen LogP contribution in [0.25, 0.3) is 0 Å². The van der Waals surface area contributed by atoms with E-state index in [9.17, 15) is 0 Å². The van der Waals surface area contributed by atoms with Gasteiger partial charge in [-0.25, -0.2) is 0 Å². The summed E-state index contributed by atoms with van der Waals surface area (Å²) < 4.78 is 5.50. The van der Waals surface area contributed by atoms with Crippen LogP contribution in [0.4, 0.5) is 0 Å². The van der Waals surface area contributed by atoms with Gasteiger partial charge in [0, 0.05) is 11.4 Å². The molecule has 2 aromatic heterocycles. The summed E-state index contributed by atoms with van der Waals surface area (Å²) in [6, 6.07) is 6.23. The highest BCUT2D eigenvalue weighted by atomic mass is 32.1. The normalized spacial score (nSPS) is 10.9. The SMILES string of the molecule is CCc1ccsc1CNCc1ccc(C)o1. The van der Waals surface area contributed by atoms with E-state index in [0.29, 0.717) is 0 Å². The van der Waals surface area contributed by atoms with E-state index in [1.54, 1.807) is 0 Å². The number of furan rings is 1. The molecule has 0 fully saturated rings. The van der Waals surface area contributed by atoms with Crippen molar-refractivity contribution >= 4 is 11.3 Å². The van der Waals surface area contributed by atoms with Crippen molar-refractivity contribution in [2.24, 2.45) is 0 Å². The largest absolute Gasteiger partial charge is 0.465 e. The van der Waals surface area contributed by atoms with E-state index >= 15 is 0 Å². The molecular formula is C13H17NOS. The minimum Gasteiger partial charge on any atom is -0.465 e. The molecule has 0 amide bonds. The zero-order valence-electron chi connectivity index (χ0n) is 9.75. The quantitative estimate of drug-likeness (QED) is 0.858. The molecule has 0 aliphatic rings. The van der Waals surface area contributed by atoms with Gasteiger partial charge in [-0.3, -0.25) is 0 Å². The average Bonchev–Trinajstić information content (AvgIpc) is 2.87. The zero-order chi connectivity index (χ0) is 11.4. The number of aryl methyl sites for hydroxylation is 2. The molecule has 0 atom stereocenters. The van der Waals surface area contributed by atoms with Crippen molar-refractivity contribution in [1.29, 1.82) is 0 Å². The zero-order valence-corrected chi connectivity index (χ0v) is 10.6. The monoisotopic (exact) mass is 235 g/mol. The summed E-state index contributed by atoms with van der Waals surface area (Å²) >= 11 is 1.82. The summed E-state index contributed by atoms with van der Waals surface area (Å²) in [4.78, 5) is 1.44. The van der Waals surface area contributed by atoms with E-state index in [4.69, 9.17) is 4.42 Å². The van der Waals surface area contributed by atoms with Gasteiger partial charge >= 0.3 is 0 Å². The van der Waals surface area contributed by atoms with Crippen molar-refractivity contribution < 1.29 is 4.42 Å². The Morgan fingerprint density at radius 3 is 2.81 bits per heavy atom. The van der Waals surface area contributed by atoms with Crippen LogP contribution < -0.4 is 5.32 Å². The van der Waals surface area contributed by atoms with Crippen molar-refractivity contribution in [3.63, 3.8) is 0 Å². The molecule has 0 unspecified atom stereocenters. The third-order valence-corrected chi connectivity index (χ3v) is 3.56. The fraction of sp³-hybridized carbons (Fsp3) is 0.385. The van der Waals surface area contributed by atoms with Crippen LogP contribution in [0.3, 0.4) is 0 Å². The maximum atomic E-state index is 5.50. The molecule has 0 aliphatic carbocycles. The molecule has 2 heterocycles. The van der Waals surface area contributed by atoms with Crippen LogP contribution >= 0.6 is 11.3 Å². The summed E-state index contributed by atoms with van der Waals surface area (Å²) in [6.07, 6.45) is 1.11. The van der Waals surface area contributed by atoms with E-state index < -0.39 is 0 Å². The smallest absolute Gasteiger partial charge is 0.117 e. The standard InChI is InChI=1S/C13H17NOS/c1-3-11-6-7-16-13(11)9-14-8-12-5-4-10(2)15-12/h4-7,14H,3,8-9H2,1-2H3. The highest BCUT2D eigenvalue weighted by Crippen LogP contribution is 2.17. The summed E-state index contributed by atoms with van der Waals surface area (Å²) in [5.41, 5.74) is 1.45. The Morgan fingerprint density at radius 2 is 2.12 bits per heavy atom. The van der Waals surface area contributed by atoms with Crippen molar-refractivity contribution in [1.82, 2.24) is 5.32 Å². The van der Waals surface area contributed by atoms with Gasteiger partial charge in [0.2, 0.25) is 0 Å². The van der Waals surface area contributed by atoms with Crippen molar-refractivity contribution in [3.8, 4) is 0 Å². The molecule has 0 spiro atoms. The first-order chi connectivity index (χ1) is 7.79.